The topological polar surface area (TPSA) is 29.5 Å². The third kappa shape index (κ3) is 3.23. The van der Waals surface area contributed by atoms with Gasteiger partial charge in [0.1, 0.15) is 5.82 Å². The van der Waals surface area contributed by atoms with E-state index in [2.05, 4.69) is 0 Å². The minimum Gasteiger partial charge on any atom is -0.350 e. The number of thiophene rings is 1. The third-order valence-corrected chi connectivity index (χ3v) is 4.77. The zero-order valence-electron chi connectivity index (χ0n) is 9.68. The Bertz CT molecular complexity index is 512. The molecular formula is C12H14FO2PS. The smallest absolute Gasteiger partial charge is 0.173 e. The molecule has 0 saturated carbocycles. The van der Waals surface area contributed by atoms with Crippen molar-refractivity contribution < 1.29 is 13.8 Å². The van der Waals surface area contributed by atoms with Crippen molar-refractivity contribution in [2.75, 3.05) is 0 Å². The first-order valence-corrected chi connectivity index (χ1v) is 7.58. The maximum atomic E-state index is 13.5. The molecule has 0 aliphatic carbocycles. The van der Waals surface area contributed by atoms with Crippen LogP contribution in [-0.4, -0.2) is 11.0 Å². The van der Waals surface area contributed by atoms with Crippen molar-refractivity contribution in [3.63, 3.8) is 0 Å². The van der Waals surface area contributed by atoms with E-state index in [-0.39, 0.29) is 11.9 Å². The summed E-state index contributed by atoms with van der Waals surface area (Å²) in [5.41, 5.74) is 0. The van der Waals surface area contributed by atoms with Gasteiger partial charge in [0, 0.05) is 15.0 Å². The summed E-state index contributed by atoms with van der Waals surface area (Å²) in [5.74, 6) is -0.211. The fourth-order valence-corrected chi connectivity index (χ4v) is 3.95. The number of rotatable bonds is 4. The molecular weight excluding hydrogens is 258 g/mol. The Morgan fingerprint density at radius 2 is 2.24 bits per heavy atom. The Hall–Kier alpha value is -0.540. The van der Waals surface area contributed by atoms with Crippen molar-refractivity contribution in [1.82, 2.24) is 0 Å². The molecule has 0 radical (unpaired) electrons. The van der Waals surface area contributed by atoms with Gasteiger partial charge in [-0.15, -0.1) is 11.3 Å². The van der Waals surface area contributed by atoms with E-state index in [9.17, 15) is 9.28 Å². The Morgan fingerprint density at radius 3 is 2.88 bits per heavy atom. The number of halogens is 1. The van der Waals surface area contributed by atoms with Crippen LogP contribution in [0.15, 0.2) is 24.3 Å². The SMILES string of the molecule is CC(C)OP(O)Cc1cc2c(F)cccc2s1. The van der Waals surface area contributed by atoms with E-state index >= 15 is 0 Å². The van der Waals surface area contributed by atoms with Gasteiger partial charge in [-0.3, -0.25) is 0 Å². The minimum atomic E-state index is -1.45. The van der Waals surface area contributed by atoms with E-state index in [1.807, 2.05) is 19.9 Å². The van der Waals surface area contributed by atoms with E-state index in [0.717, 1.165) is 9.58 Å². The molecule has 1 N–H and O–H groups in total. The van der Waals surface area contributed by atoms with Gasteiger partial charge in [-0.1, -0.05) is 6.07 Å². The van der Waals surface area contributed by atoms with Crippen LogP contribution in [0.2, 0.25) is 0 Å². The molecule has 1 unspecified atom stereocenters. The summed E-state index contributed by atoms with van der Waals surface area (Å²) in [6.45, 7) is 3.77. The monoisotopic (exact) mass is 272 g/mol. The van der Waals surface area contributed by atoms with Crippen LogP contribution in [0.4, 0.5) is 4.39 Å². The lowest BCUT2D eigenvalue weighted by Crippen LogP contribution is -1.97. The average Bonchev–Trinajstić information content (AvgIpc) is 2.60. The lowest BCUT2D eigenvalue weighted by Gasteiger charge is -2.12. The van der Waals surface area contributed by atoms with Crippen LogP contribution in [0.5, 0.6) is 0 Å². The average molecular weight is 272 g/mol. The minimum absolute atomic E-state index is 0.0113. The van der Waals surface area contributed by atoms with E-state index in [4.69, 9.17) is 4.52 Å². The zero-order chi connectivity index (χ0) is 12.4. The van der Waals surface area contributed by atoms with Gasteiger partial charge >= 0.3 is 0 Å². The van der Waals surface area contributed by atoms with Crippen LogP contribution < -0.4 is 0 Å². The Kier molecular flexibility index (Phi) is 4.10. The van der Waals surface area contributed by atoms with Crippen molar-refractivity contribution in [3.8, 4) is 0 Å². The van der Waals surface area contributed by atoms with E-state index in [1.54, 1.807) is 12.1 Å². The second-order valence-electron chi connectivity index (χ2n) is 4.03. The molecule has 1 aromatic carbocycles. The fourth-order valence-electron chi connectivity index (χ4n) is 1.57. The molecule has 0 saturated heterocycles. The maximum absolute atomic E-state index is 13.5. The molecule has 1 atom stereocenters. The highest BCUT2D eigenvalue weighted by atomic mass is 32.1. The van der Waals surface area contributed by atoms with Gasteiger partial charge in [-0.05, 0) is 32.0 Å². The highest BCUT2D eigenvalue weighted by molar-refractivity contribution is 7.45. The van der Waals surface area contributed by atoms with Crippen LogP contribution in [0.25, 0.3) is 10.1 Å². The molecule has 1 aromatic heterocycles. The molecule has 0 spiro atoms. The normalized spacial score (nSPS) is 13.5. The van der Waals surface area contributed by atoms with Crippen LogP contribution in [0.3, 0.4) is 0 Å². The Balaban J connectivity index is 2.17. The van der Waals surface area contributed by atoms with E-state index in [1.165, 1.54) is 17.4 Å². The van der Waals surface area contributed by atoms with Crippen LogP contribution in [0, 0.1) is 5.82 Å². The van der Waals surface area contributed by atoms with Gasteiger partial charge in [0.15, 0.2) is 8.38 Å². The molecule has 0 fully saturated rings. The Morgan fingerprint density at radius 1 is 1.47 bits per heavy atom. The summed E-state index contributed by atoms with van der Waals surface area (Å²) in [4.78, 5) is 10.7. The maximum Gasteiger partial charge on any atom is 0.173 e. The first kappa shape index (κ1) is 12.9. The standard InChI is InChI=1S/C12H14FO2PS/c1-8(2)15-16(14)7-9-6-10-11(13)4-3-5-12(10)17-9/h3-6,8,14H,7H2,1-2H3. The first-order valence-electron chi connectivity index (χ1n) is 5.36. The second kappa shape index (κ2) is 5.40. The van der Waals surface area contributed by atoms with E-state index in [0.29, 0.717) is 11.5 Å². The number of hydrogen-bond acceptors (Lipinski definition) is 3. The van der Waals surface area contributed by atoms with Gasteiger partial charge in [-0.25, -0.2) is 4.39 Å². The molecule has 2 nitrogen and oxygen atoms in total. The summed E-state index contributed by atoms with van der Waals surface area (Å²) in [6.07, 6.45) is 0.476. The van der Waals surface area contributed by atoms with Gasteiger partial charge in [0.05, 0.1) is 12.3 Å². The van der Waals surface area contributed by atoms with Gasteiger partial charge in [0.25, 0.3) is 0 Å². The second-order valence-corrected chi connectivity index (χ2v) is 6.43. The summed E-state index contributed by atoms with van der Waals surface area (Å²) in [6, 6.07) is 6.83. The molecule has 92 valence electrons. The predicted octanol–water partition coefficient (Wildman–Crippen LogP) is 4.27. The molecule has 0 aliphatic heterocycles. The third-order valence-electron chi connectivity index (χ3n) is 2.18. The summed E-state index contributed by atoms with van der Waals surface area (Å²) in [7, 11) is -1.45. The first-order chi connectivity index (χ1) is 8.06. The fraction of sp³-hybridized carbons (Fsp3) is 0.333. The van der Waals surface area contributed by atoms with Gasteiger partial charge in [0.2, 0.25) is 0 Å². The molecule has 0 bridgehead atoms. The van der Waals surface area contributed by atoms with Crippen LogP contribution >= 0.6 is 19.7 Å². The molecule has 2 rings (SSSR count). The Labute approximate surface area is 105 Å². The van der Waals surface area contributed by atoms with Crippen molar-refractivity contribution in [3.05, 3.63) is 35.0 Å². The van der Waals surface area contributed by atoms with Crippen molar-refractivity contribution in [2.24, 2.45) is 0 Å². The summed E-state index contributed by atoms with van der Waals surface area (Å²) >= 11 is 1.50. The van der Waals surface area contributed by atoms with Crippen LogP contribution in [-0.2, 0) is 10.7 Å². The number of benzene rings is 1. The molecule has 0 aliphatic rings. The molecule has 5 heteroatoms. The van der Waals surface area contributed by atoms with Gasteiger partial charge in [-0.2, -0.15) is 0 Å². The van der Waals surface area contributed by atoms with Crippen molar-refractivity contribution >= 4 is 29.8 Å². The number of fused-ring (bicyclic) bond motifs is 1. The lowest BCUT2D eigenvalue weighted by molar-refractivity contribution is 0.240. The summed E-state index contributed by atoms with van der Waals surface area (Å²) in [5, 5.41) is 0.625. The highest BCUT2D eigenvalue weighted by Gasteiger charge is 2.12. The quantitative estimate of drug-likeness (QED) is 0.842. The van der Waals surface area contributed by atoms with Crippen LogP contribution in [0.1, 0.15) is 18.7 Å². The largest absolute Gasteiger partial charge is 0.350 e. The van der Waals surface area contributed by atoms with Crippen molar-refractivity contribution in [2.45, 2.75) is 26.1 Å². The lowest BCUT2D eigenvalue weighted by atomic mass is 10.2. The summed E-state index contributed by atoms with van der Waals surface area (Å²) < 4.78 is 19.7. The molecule has 1 heterocycles. The zero-order valence-corrected chi connectivity index (χ0v) is 11.4. The number of hydrogen-bond donors (Lipinski definition) is 1. The molecule has 2 aromatic rings. The van der Waals surface area contributed by atoms with Crippen molar-refractivity contribution in [1.29, 1.82) is 0 Å². The molecule has 0 amide bonds. The predicted molar refractivity (Wildman–Crippen MR) is 70.8 cm³/mol. The molecule has 17 heavy (non-hydrogen) atoms. The van der Waals surface area contributed by atoms with E-state index < -0.39 is 8.38 Å². The highest BCUT2D eigenvalue weighted by Crippen LogP contribution is 2.41. The van der Waals surface area contributed by atoms with Gasteiger partial charge < -0.3 is 9.42 Å².